The maximum absolute atomic E-state index is 13.7. The van der Waals surface area contributed by atoms with Gasteiger partial charge in [-0.25, -0.2) is 4.79 Å². The first kappa shape index (κ1) is 23.2. The minimum atomic E-state index is -0.788. The number of hydrogen-bond acceptors (Lipinski definition) is 6. The number of benzene rings is 2. The predicted molar refractivity (Wildman–Crippen MR) is 135 cm³/mol. The Balaban J connectivity index is 2.14. The molecule has 9 heteroatoms. The number of rotatable bonds is 4. The Morgan fingerprint density at radius 3 is 2.52 bits per heavy atom. The van der Waals surface area contributed by atoms with E-state index >= 15 is 0 Å². The molecule has 1 aromatic heterocycles. The summed E-state index contributed by atoms with van der Waals surface area (Å²) in [6.45, 7) is 1.82. The van der Waals surface area contributed by atoms with E-state index in [4.69, 9.17) is 10.5 Å². The highest BCUT2D eigenvalue weighted by atomic mass is 79.9. The third-order valence-corrected chi connectivity index (χ3v) is 7.70. The number of carbonyl (C=O) groups is 1. The normalized spacial score (nSPS) is 15.9. The fraction of sp³-hybridized carbons (Fsp3) is 0.125. The molecule has 0 aliphatic carbocycles. The number of nitrogens with zero attached hydrogens (tertiary/aromatic N) is 2. The van der Waals surface area contributed by atoms with E-state index in [-0.39, 0.29) is 29.0 Å². The number of nitriles is 1. The standard InChI is InChI=1S/C24H17Br2N3O3S/c1-2-32-24(31)19-20(28)15(12-27)21(14-8-4-6-10-17(14)26)29-22(30)18(33-23(19)29)11-13-7-3-5-9-16(13)25/h3-11,21H,2,28H2,1H3/b18-11+/t21-/m0/s1. The molecular weight excluding hydrogens is 570 g/mol. The highest BCUT2D eigenvalue weighted by Crippen LogP contribution is 2.34. The third kappa shape index (κ3) is 4.10. The second kappa shape index (κ2) is 9.51. The summed E-state index contributed by atoms with van der Waals surface area (Å²) in [6.07, 6.45) is 1.75. The highest BCUT2D eigenvalue weighted by molar-refractivity contribution is 9.10. The quantitative estimate of drug-likeness (QED) is 0.473. The van der Waals surface area contributed by atoms with Crippen LogP contribution in [0.3, 0.4) is 0 Å². The van der Waals surface area contributed by atoms with Crippen LogP contribution in [-0.2, 0) is 9.53 Å². The first-order chi connectivity index (χ1) is 15.9. The van der Waals surface area contributed by atoms with E-state index in [9.17, 15) is 14.9 Å². The van der Waals surface area contributed by atoms with Crippen LogP contribution in [0.2, 0.25) is 0 Å². The summed E-state index contributed by atoms with van der Waals surface area (Å²) in [4.78, 5) is 26.5. The minimum Gasteiger partial charge on any atom is -0.462 e. The van der Waals surface area contributed by atoms with Crippen molar-refractivity contribution in [3.8, 4) is 6.07 Å². The lowest BCUT2D eigenvalue weighted by Gasteiger charge is -2.25. The van der Waals surface area contributed by atoms with Crippen molar-refractivity contribution >= 4 is 60.8 Å². The molecule has 0 bridgehead atoms. The van der Waals surface area contributed by atoms with Crippen LogP contribution in [0.1, 0.15) is 24.1 Å². The minimum absolute atomic E-state index is 0.0189. The van der Waals surface area contributed by atoms with Crippen LogP contribution < -0.4 is 20.5 Å². The second-order valence-corrected chi connectivity index (χ2v) is 9.81. The monoisotopic (exact) mass is 585 g/mol. The molecule has 2 heterocycles. The van der Waals surface area contributed by atoms with Gasteiger partial charge < -0.3 is 10.5 Å². The number of nitrogens with two attached hydrogens (primary N) is 1. The lowest BCUT2D eigenvalue weighted by Crippen LogP contribution is -2.41. The molecule has 6 nitrogen and oxygen atoms in total. The fourth-order valence-corrected chi connectivity index (χ4v) is 5.74. The van der Waals surface area contributed by atoms with Crippen LogP contribution in [-0.4, -0.2) is 17.1 Å². The largest absolute Gasteiger partial charge is 0.462 e. The average molecular weight is 587 g/mol. The van der Waals surface area contributed by atoms with Crippen LogP contribution in [0.5, 0.6) is 0 Å². The zero-order chi connectivity index (χ0) is 23.7. The summed E-state index contributed by atoms with van der Waals surface area (Å²) < 4.78 is 8.99. The van der Waals surface area contributed by atoms with Crippen molar-refractivity contribution in [1.82, 2.24) is 4.57 Å². The van der Waals surface area contributed by atoms with E-state index in [1.165, 1.54) is 4.57 Å². The molecule has 0 amide bonds. The van der Waals surface area contributed by atoms with Crippen LogP contribution in [0.4, 0.5) is 0 Å². The Kier molecular flexibility index (Phi) is 6.70. The predicted octanol–water partition coefficient (Wildman–Crippen LogP) is 3.32. The number of allylic oxidation sites excluding steroid dienone is 1. The van der Waals surface area contributed by atoms with E-state index in [0.29, 0.717) is 14.8 Å². The van der Waals surface area contributed by atoms with Crippen LogP contribution in [0.15, 0.2) is 73.5 Å². The molecule has 1 atom stereocenters. The number of fused-ring (bicyclic) bond motifs is 1. The van der Waals surface area contributed by atoms with E-state index < -0.39 is 12.0 Å². The first-order valence-electron chi connectivity index (χ1n) is 9.92. The van der Waals surface area contributed by atoms with Crippen molar-refractivity contribution in [2.45, 2.75) is 13.0 Å². The maximum atomic E-state index is 13.7. The fourth-order valence-electron chi connectivity index (χ4n) is 3.68. The number of esters is 1. The van der Waals surface area contributed by atoms with Crippen molar-refractivity contribution < 1.29 is 9.53 Å². The van der Waals surface area contributed by atoms with Gasteiger partial charge in [0, 0.05) is 8.95 Å². The molecule has 0 unspecified atom stereocenters. The van der Waals surface area contributed by atoms with Gasteiger partial charge in [0.2, 0.25) is 0 Å². The summed E-state index contributed by atoms with van der Waals surface area (Å²) in [5.41, 5.74) is 7.71. The Hall–Kier alpha value is -2.93. The molecule has 0 radical (unpaired) electrons. The molecule has 33 heavy (non-hydrogen) atoms. The van der Waals surface area contributed by atoms with Crippen molar-refractivity contribution in [1.29, 1.82) is 5.26 Å². The number of thiazole rings is 1. The summed E-state index contributed by atoms with van der Waals surface area (Å²) in [6, 6.07) is 16.2. The molecule has 0 saturated heterocycles. The summed E-state index contributed by atoms with van der Waals surface area (Å²) in [5.74, 6) is -0.671. The van der Waals surface area contributed by atoms with Gasteiger partial charge in [0.1, 0.15) is 16.3 Å². The maximum Gasteiger partial charge on any atom is 0.343 e. The summed E-state index contributed by atoms with van der Waals surface area (Å²) >= 11 is 8.17. The molecule has 1 aliphatic rings. The Bertz CT molecular complexity index is 1530. The molecule has 2 N–H and O–H groups in total. The van der Waals surface area contributed by atoms with E-state index in [2.05, 4.69) is 37.9 Å². The lowest BCUT2D eigenvalue weighted by atomic mass is 9.93. The number of hydrogen-bond donors (Lipinski definition) is 1. The topological polar surface area (TPSA) is 98.1 Å². The van der Waals surface area contributed by atoms with Gasteiger partial charge >= 0.3 is 5.97 Å². The van der Waals surface area contributed by atoms with Crippen LogP contribution >= 0.6 is 43.2 Å². The van der Waals surface area contributed by atoms with Crippen molar-refractivity contribution in [2.75, 3.05) is 6.61 Å². The van der Waals surface area contributed by atoms with E-state index in [1.54, 1.807) is 13.0 Å². The second-order valence-electron chi connectivity index (χ2n) is 7.07. The Morgan fingerprint density at radius 1 is 1.21 bits per heavy atom. The van der Waals surface area contributed by atoms with E-state index in [1.807, 2.05) is 48.5 Å². The molecule has 0 saturated carbocycles. The Morgan fingerprint density at radius 2 is 1.88 bits per heavy atom. The summed E-state index contributed by atoms with van der Waals surface area (Å²) in [5, 5.41) is 10.0. The molecule has 0 spiro atoms. The van der Waals surface area contributed by atoms with Crippen molar-refractivity contribution in [2.24, 2.45) is 5.73 Å². The smallest absolute Gasteiger partial charge is 0.343 e. The average Bonchev–Trinajstić information content (AvgIpc) is 3.10. The molecule has 2 aromatic carbocycles. The molecule has 3 aromatic rings. The molecule has 0 fully saturated rings. The van der Waals surface area contributed by atoms with Gasteiger partial charge in [0.05, 0.1) is 28.5 Å². The molecule has 166 valence electrons. The van der Waals surface area contributed by atoms with Crippen molar-refractivity contribution in [3.05, 3.63) is 99.4 Å². The summed E-state index contributed by atoms with van der Waals surface area (Å²) in [7, 11) is 0. The molecule has 4 rings (SSSR count). The number of aromatic nitrogens is 1. The third-order valence-electron chi connectivity index (χ3n) is 5.15. The van der Waals surface area contributed by atoms with E-state index in [0.717, 1.165) is 25.8 Å². The van der Waals surface area contributed by atoms with Gasteiger partial charge in [-0.1, -0.05) is 68.3 Å². The molecular formula is C24H17Br2N3O3S. The molecule has 1 aliphatic heterocycles. The van der Waals surface area contributed by atoms with Gasteiger partial charge in [-0.05, 0) is 36.3 Å². The number of halogens is 2. The first-order valence-corrected chi connectivity index (χ1v) is 12.3. The lowest BCUT2D eigenvalue weighted by molar-refractivity contribution is -0.136. The SMILES string of the molecule is CCOC(=O)C1=c2s/c(=C/c3ccccc3Br)c(=O)n2[C@@H](c2ccccc2Br)C(C#N)=C1N. The number of ether oxygens (including phenoxy) is 1. The van der Waals surface area contributed by atoms with Gasteiger partial charge in [-0.2, -0.15) is 5.26 Å². The van der Waals surface area contributed by atoms with Gasteiger partial charge in [0.15, 0.2) is 0 Å². The van der Waals surface area contributed by atoms with Gasteiger partial charge in [0.25, 0.3) is 5.56 Å². The van der Waals surface area contributed by atoms with Crippen LogP contribution in [0.25, 0.3) is 11.6 Å². The highest BCUT2D eigenvalue weighted by Gasteiger charge is 2.35. The van der Waals surface area contributed by atoms with Gasteiger partial charge in [-0.15, -0.1) is 11.3 Å². The zero-order valence-corrected chi connectivity index (χ0v) is 21.3. The van der Waals surface area contributed by atoms with Crippen molar-refractivity contribution in [3.63, 3.8) is 0 Å². The zero-order valence-electron chi connectivity index (χ0n) is 17.3. The Labute approximate surface area is 210 Å². The number of carbonyl (C=O) groups excluding carboxylic acids is 1. The van der Waals surface area contributed by atoms with Gasteiger partial charge in [-0.3, -0.25) is 9.36 Å². The van der Waals surface area contributed by atoms with Crippen LogP contribution in [0, 0.1) is 11.3 Å².